The number of hydrogen-bond acceptors (Lipinski definition) is 8. The van der Waals surface area contributed by atoms with Gasteiger partial charge in [0.1, 0.15) is 16.9 Å². The fourth-order valence-corrected chi connectivity index (χ4v) is 4.68. The molecule has 0 bridgehead atoms. The molecule has 8 heteroatoms. The number of carbonyl (C=O) groups is 2. The summed E-state index contributed by atoms with van der Waals surface area (Å²) in [5.74, 6) is -1.86. The molecule has 194 valence electrons. The molecule has 5 atom stereocenters. The van der Waals surface area contributed by atoms with Crippen molar-refractivity contribution in [3.05, 3.63) is 45.5 Å². The van der Waals surface area contributed by atoms with E-state index in [1.54, 1.807) is 20.8 Å². The Labute approximate surface area is 212 Å². The predicted octanol–water partition coefficient (Wildman–Crippen LogP) is 4.23. The molecule has 0 spiro atoms. The van der Waals surface area contributed by atoms with E-state index in [2.05, 4.69) is 4.98 Å². The molecule has 0 aromatic carbocycles. The third kappa shape index (κ3) is 7.93. The average molecular weight is 506 g/mol. The second kappa shape index (κ2) is 12.7. The van der Waals surface area contributed by atoms with Gasteiger partial charge in [0.25, 0.3) is 0 Å². The maximum atomic E-state index is 13.1. The number of rotatable bonds is 3. The van der Waals surface area contributed by atoms with Crippen LogP contribution in [0.3, 0.4) is 0 Å². The first kappa shape index (κ1) is 29.1. The molecular weight excluding hydrogens is 466 g/mol. The van der Waals surface area contributed by atoms with E-state index in [9.17, 15) is 24.9 Å². The number of carbonyl (C=O) groups excluding carboxylic acids is 2. The van der Waals surface area contributed by atoms with Gasteiger partial charge < -0.3 is 20.1 Å². The summed E-state index contributed by atoms with van der Waals surface area (Å²) in [6.45, 7) is 10.4. The lowest BCUT2D eigenvalue weighted by Crippen LogP contribution is -2.45. The van der Waals surface area contributed by atoms with Crippen LogP contribution in [0.5, 0.6) is 0 Å². The highest BCUT2D eigenvalue weighted by molar-refractivity contribution is 7.09. The van der Waals surface area contributed by atoms with Crippen molar-refractivity contribution in [3.63, 3.8) is 0 Å². The molecule has 1 aliphatic heterocycles. The highest BCUT2D eigenvalue weighted by Gasteiger charge is 2.42. The lowest BCUT2D eigenvalue weighted by atomic mass is 9.73. The number of aromatic nitrogens is 1. The number of Topliss-reactive ketones (excluding diaryl/α,β-unsaturated/α-hetero) is 1. The van der Waals surface area contributed by atoms with Crippen LogP contribution in [0.1, 0.15) is 71.5 Å². The van der Waals surface area contributed by atoms with E-state index in [0.717, 1.165) is 11.1 Å². The van der Waals surface area contributed by atoms with Gasteiger partial charge >= 0.3 is 5.97 Å². The molecule has 1 aliphatic rings. The highest BCUT2D eigenvalue weighted by Crippen LogP contribution is 2.31. The van der Waals surface area contributed by atoms with E-state index >= 15 is 0 Å². The van der Waals surface area contributed by atoms with E-state index in [-0.39, 0.29) is 24.7 Å². The van der Waals surface area contributed by atoms with Crippen LogP contribution in [0.15, 0.2) is 34.8 Å². The van der Waals surface area contributed by atoms with Gasteiger partial charge in [-0.1, -0.05) is 51.5 Å². The number of nitrogens with zero attached hydrogens (tertiary/aromatic N) is 1. The molecule has 0 radical (unpaired) electrons. The first-order valence-corrected chi connectivity index (χ1v) is 12.9. The summed E-state index contributed by atoms with van der Waals surface area (Å²) >= 11 is 1.35. The molecule has 1 aromatic rings. The Morgan fingerprint density at radius 3 is 2.60 bits per heavy atom. The Bertz CT molecular complexity index is 976. The molecule has 0 saturated carbocycles. The standard InChI is InChI=1S/C27H39NO6S/c1-16-8-7-9-17(2)25(32)19(4)26(33)27(5,6)22(30)13-24(31)34-21(11-10-16)18(3)12-20-15-35-23(14-29)28-20/h7,9-10,12,15,17,19,21-22,25,29-30,32H,8,11,13-14H2,1-6H3/b9-7+,16-10-,18-12+/t17-,19+,21-,22-,25-/m0/s1. The lowest BCUT2D eigenvalue weighted by molar-refractivity contribution is -0.154. The minimum atomic E-state index is -1.26. The van der Waals surface area contributed by atoms with Gasteiger partial charge in [0.15, 0.2) is 0 Å². The van der Waals surface area contributed by atoms with E-state index in [1.807, 2.05) is 50.5 Å². The number of ketones is 1. The molecule has 1 aromatic heterocycles. The zero-order chi connectivity index (χ0) is 26.3. The zero-order valence-electron chi connectivity index (χ0n) is 21.5. The van der Waals surface area contributed by atoms with Gasteiger partial charge in [-0.05, 0) is 31.9 Å². The first-order chi connectivity index (χ1) is 16.4. The van der Waals surface area contributed by atoms with Crippen LogP contribution in [0.4, 0.5) is 0 Å². The number of ether oxygens (including phenoxy) is 1. The van der Waals surface area contributed by atoms with Crippen molar-refractivity contribution in [2.24, 2.45) is 17.3 Å². The fraction of sp³-hybridized carbons (Fsp3) is 0.593. The number of allylic oxidation sites excluding steroid dienone is 2. The molecule has 35 heavy (non-hydrogen) atoms. The Morgan fingerprint density at radius 1 is 1.29 bits per heavy atom. The number of esters is 1. The van der Waals surface area contributed by atoms with Gasteiger partial charge in [-0.15, -0.1) is 11.3 Å². The van der Waals surface area contributed by atoms with Crippen molar-refractivity contribution in [2.75, 3.05) is 0 Å². The Kier molecular flexibility index (Phi) is 10.6. The maximum Gasteiger partial charge on any atom is 0.309 e. The summed E-state index contributed by atoms with van der Waals surface area (Å²) in [6.07, 6.45) is 5.75. The summed E-state index contributed by atoms with van der Waals surface area (Å²) in [5, 5.41) is 33.2. The minimum Gasteiger partial charge on any atom is -0.457 e. The van der Waals surface area contributed by atoms with Crippen LogP contribution in [-0.4, -0.2) is 50.4 Å². The van der Waals surface area contributed by atoms with Crippen LogP contribution >= 0.6 is 11.3 Å². The Balaban J connectivity index is 2.37. The molecule has 0 saturated heterocycles. The lowest BCUT2D eigenvalue weighted by Gasteiger charge is -2.34. The summed E-state index contributed by atoms with van der Waals surface area (Å²) in [4.78, 5) is 30.3. The molecule has 0 aliphatic carbocycles. The molecule has 2 heterocycles. The summed E-state index contributed by atoms with van der Waals surface area (Å²) in [5.41, 5.74) is 1.30. The molecule has 3 N–H and O–H groups in total. The maximum absolute atomic E-state index is 13.1. The SMILES string of the molecule is C/C1=C/C[C@@H](/C(C)=C/c2csc(CO)n2)OC(=O)C[C@H](O)C(C)(C)C(=O)[C@H](C)[C@@H](O)[C@@H](C)/C=C/C1. The smallest absolute Gasteiger partial charge is 0.309 e. The predicted molar refractivity (Wildman–Crippen MR) is 137 cm³/mol. The van der Waals surface area contributed by atoms with Crippen molar-refractivity contribution in [2.45, 2.75) is 85.7 Å². The average Bonchev–Trinajstić information content (AvgIpc) is 3.26. The van der Waals surface area contributed by atoms with Crippen LogP contribution in [-0.2, 0) is 20.9 Å². The highest BCUT2D eigenvalue weighted by atomic mass is 32.1. The number of cyclic esters (lactones) is 1. The van der Waals surface area contributed by atoms with E-state index < -0.39 is 35.6 Å². The molecule has 0 fully saturated rings. The van der Waals surface area contributed by atoms with Gasteiger partial charge in [0.2, 0.25) is 0 Å². The topological polar surface area (TPSA) is 117 Å². The molecule has 0 unspecified atom stereocenters. The zero-order valence-corrected chi connectivity index (χ0v) is 22.3. The second-order valence-corrected chi connectivity index (χ2v) is 11.0. The monoisotopic (exact) mass is 505 g/mol. The summed E-state index contributed by atoms with van der Waals surface area (Å²) in [6, 6.07) is 0. The number of aliphatic hydroxyl groups excluding tert-OH is 3. The van der Waals surface area contributed by atoms with Gasteiger partial charge in [0.05, 0.1) is 36.3 Å². The van der Waals surface area contributed by atoms with Crippen LogP contribution < -0.4 is 0 Å². The minimum absolute atomic E-state index is 0.133. The number of hydrogen-bond donors (Lipinski definition) is 3. The van der Waals surface area contributed by atoms with Crippen molar-refractivity contribution < 1.29 is 29.6 Å². The van der Waals surface area contributed by atoms with E-state index in [0.29, 0.717) is 23.5 Å². The van der Waals surface area contributed by atoms with Gasteiger partial charge in [-0.3, -0.25) is 9.59 Å². The number of aliphatic hydroxyl groups is 3. The van der Waals surface area contributed by atoms with E-state index in [1.165, 1.54) is 11.3 Å². The van der Waals surface area contributed by atoms with Gasteiger partial charge in [0, 0.05) is 23.6 Å². The normalized spacial score (nSPS) is 32.0. The van der Waals surface area contributed by atoms with Crippen molar-refractivity contribution in [3.8, 4) is 0 Å². The molecule has 7 nitrogen and oxygen atoms in total. The third-order valence-corrected chi connectivity index (χ3v) is 7.57. The molecule has 0 amide bonds. The van der Waals surface area contributed by atoms with Crippen LogP contribution in [0.2, 0.25) is 0 Å². The largest absolute Gasteiger partial charge is 0.457 e. The Morgan fingerprint density at radius 2 is 1.97 bits per heavy atom. The number of thiazole rings is 1. The van der Waals surface area contributed by atoms with Crippen LogP contribution in [0, 0.1) is 17.3 Å². The summed E-state index contributed by atoms with van der Waals surface area (Å²) < 4.78 is 5.77. The van der Waals surface area contributed by atoms with Crippen molar-refractivity contribution in [1.82, 2.24) is 4.98 Å². The fourth-order valence-electron chi connectivity index (χ4n) is 4.07. The van der Waals surface area contributed by atoms with Crippen LogP contribution in [0.25, 0.3) is 6.08 Å². The molecular formula is C27H39NO6S. The van der Waals surface area contributed by atoms with E-state index in [4.69, 9.17) is 4.74 Å². The quantitative estimate of drug-likeness (QED) is 0.416. The van der Waals surface area contributed by atoms with Crippen molar-refractivity contribution in [1.29, 1.82) is 0 Å². The summed E-state index contributed by atoms with van der Waals surface area (Å²) in [7, 11) is 0. The second-order valence-electron chi connectivity index (χ2n) is 10.1. The Hall–Kier alpha value is -2.13. The van der Waals surface area contributed by atoms with Crippen molar-refractivity contribution >= 4 is 29.2 Å². The first-order valence-electron chi connectivity index (χ1n) is 12.0. The third-order valence-electron chi connectivity index (χ3n) is 6.71. The van der Waals surface area contributed by atoms with Gasteiger partial charge in [-0.25, -0.2) is 4.98 Å². The molecule has 2 rings (SSSR count). The van der Waals surface area contributed by atoms with Gasteiger partial charge in [-0.2, -0.15) is 0 Å².